The summed E-state index contributed by atoms with van der Waals surface area (Å²) in [5.41, 5.74) is 0.338. The Hall–Kier alpha value is -0.920. The highest BCUT2D eigenvalue weighted by molar-refractivity contribution is 14.1. The molecule has 0 saturated heterocycles. The molecule has 0 bridgehead atoms. The summed E-state index contributed by atoms with van der Waals surface area (Å²) in [6.45, 7) is 3.89. The molecular weight excluding hydrogens is 367 g/mol. The van der Waals surface area contributed by atoms with Crippen LogP contribution in [0.25, 0.3) is 0 Å². The molecule has 1 aromatic carbocycles. The van der Waals surface area contributed by atoms with Crippen LogP contribution in [0, 0.1) is 3.57 Å². The van der Waals surface area contributed by atoms with Crippen molar-refractivity contribution in [1.29, 1.82) is 0 Å². The van der Waals surface area contributed by atoms with Crippen molar-refractivity contribution < 1.29 is 18.3 Å². The standard InChI is InChI=1S/C13H16F2INO2/c1-8(2)19-11-5-4-9(6-10(11)16)12(18)17-7-13(3,14)15/h4-6,8H,7H2,1-3H3,(H,17,18). The van der Waals surface area contributed by atoms with Gasteiger partial charge in [-0.05, 0) is 54.6 Å². The molecular formula is C13H16F2INO2. The highest BCUT2D eigenvalue weighted by Crippen LogP contribution is 2.23. The van der Waals surface area contributed by atoms with Crippen LogP contribution in [-0.2, 0) is 0 Å². The van der Waals surface area contributed by atoms with E-state index in [0.717, 1.165) is 10.5 Å². The lowest BCUT2D eigenvalue weighted by Crippen LogP contribution is -2.34. The number of ether oxygens (including phenoxy) is 1. The number of nitrogens with one attached hydrogen (secondary N) is 1. The summed E-state index contributed by atoms with van der Waals surface area (Å²) in [5, 5.41) is 2.19. The summed E-state index contributed by atoms with van der Waals surface area (Å²) in [4.78, 5) is 11.7. The molecule has 0 fully saturated rings. The van der Waals surface area contributed by atoms with Crippen LogP contribution in [0.5, 0.6) is 5.75 Å². The maximum Gasteiger partial charge on any atom is 0.262 e. The smallest absolute Gasteiger partial charge is 0.262 e. The van der Waals surface area contributed by atoms with Crippen molar-refractivity contribution in [3.8, 4) is 5.75 Å². The van der Waals surface area contributed by atoms with Crippen LogP contribution >= 0.6 is 22.6 Å². The maximum atomic E-state index is 12.6. The van der Waals surface area contributed by atoms with Crippen molar-refractivity contribution in [3.63, 3.8) is 0 Å². The van der Waals surface area contributed by atoms with Crippen LogP contribution in [0.4, 0.5) is 8.78 Å². The van der Waals surface area contributed by atoms with E-state index in [4.69, 9.17) is 4.74 Å². The van der Waals surface area contributed by atoms with Gasteiger partial charge in [-0.3, -0.25) is 4.79 Å². The normalized spacial score (nSPS) is 11.5. The number of hydrogen-bond acceptors (Lipinski definition) is 2. The first-order valence-corrected chi connectivity index (χ1v) is 6.89. The SMILES string of the molecule is CC(C)Oc1ccc(C(=O)NCC(C)(F)F)cc1I. The second kappa shape index (κ2) is 6.49. The lowest BCUT2D eigenvalue weighted by atomic mass is 10.2. The molecule has 0 unspecified atom stereocenters. The molecule has 0 aliphatic carbocycles. The van der Waals surface area contributed by atoms with E-state index in [2.05, 4.69) is 5.32 Å². The van der Waals surface area contributed by atoms with Gasteiger partial charge in [-0.2, -0.15) is 0 Å². The maximum absolute atomic E-state index is 12.6. The molecule has 0 radical (unpaired) electrons. The molecule has 3 nitrogen and oxygen atoms in total. The summed E-state index contributed by atoms with van der Waals surface area (Å²) < 4.78 is 31.6. The van der Waals surface area contributed by atoms with Gasteiger partial charge in [0.25, 0.3) is 11.8 Å². The Bertz CT molecular complexity index is 458. The molecule has 0 atom stereocenters. The number of rotatable bonds is 5. The summed E-state index contributed by atoms with van der Waals surface area (Å²) >= 11 is 2.04. The van der Waals surface area contributed by atoms with E-state index < -0.39 is 18.4 Å². The van der Waals surface area contributed by atoms with E-state index in [1.54, 1.807) is 18.2 Å². The highest BCUT2D eigenvalue weighted by atomic mass is 127. The van der Waals surface area contributed by atoms with Crippen molar-refractivity contribution in [2.24, 2.45) is 0 Å². The zero-order valence-electron chi connectivity index (χ0n) is 11.0. The molecule has 0 aromatic heterocycles. The van der Waals surface area contributed by atoms with Gasteiger partial charge in [0, 0.05) is 12.5 Å². The minimum absolute atomic E-state index is 0.0342. The van der Waals surface area contributed by atoms with E-state index in [1.165, 1.54) is 0 Å². The first-order valence-electron chi connectivity index (χ1n) is 5.81. The summed E-state index contributed by atoms with van der Waals surface area (Å²) in [7, 11) is 0. The molecule has 1 N–H and O–H groups in total. The second-order valence-electron chi connectivity index (χ2n) is 4.56. The Morgan fingerprint density at radius 3 is 2.58 bits per heavy atom. The fourth-order valence-corrected chi connectivity index (χ4v) is 1.97. The van der Waals surface area contributed by atoms with Crippen molar-refractivity contribution >= 4 is 28.5 Å². The Balaban J connectivity index is 2.75. The molecule has 0 saturated carbocycles. The van der Waals surface area contributed by atoms with Crippen molar-refractivity contribution in [3.05, 3.63) is 27.3 Å². The highest BCUT2D eigenvalue weighted by Gasteiger charge is 2.22. The number of carbonyl (C=O) groups excluding carboxylic acids is 1. The summed E-state index contributed by atoms with van der Waals surface area (Å²) in [6, 6.07) is 4.84. The predicted octanol–water partition coefficient (Wildman–Crippen LogP) is 3.46. The fraction of sp³-hybridized carbons (Fsp3) is 0.462. The van der Waals surface area contributed by atoms with Crippen LogP contribution in [-0.4, -0.2) is 24.5 Å². The van der Waals surface area contributed by atoms with Gasteiger partial charge < -0.3 is 10.1 Å². The van der Waals surface area contributed by atoms with Crippen molar-refractivity contribution in [2.45, 2.75) is 32.8 Å². The molecule has 1 aromatic rings. The predicted molar refractivity (Wildman–Crippen MR) is 77.9 cm³/mol. The van der Waals surface area contributed by atoms with E-state index >= 15 is 0 Å². The minimum atomic E-state index is -2.91. The summed E-state index contributed by atoms with van der Waals surface area (Å²) in [5.74, 6) is -2.76. The van der Waals surface area contributed by atoms with Crippen LogP contribution in [0.1, 0.15) is 31.1 Å². The van der Waals surface area contributed by atoms with E-state index in [1.807, 2.05) is 36.4 Å². The number of carbonyl (C=O) groups is 1. The third-order valence-electron chi connectivity index (χ3n) is 2.12. The monoisotopic (exact) mass is 383 g/mol. The average molecular weight is 383 g/mol. The largest absolute Gasteiger partial charge is 0.490 e. The van der Waals surface area contributed by atoms with Gasteiger partial charge in [0.2, 0.25) is 0 Å². The van der Waals surface area contributed by atoms with Crippen molar-refractivity contribution in [1.82, 2.24) is 5.32 Å². The number of alkyl halides is 2. The Kier molecular flexibility index (Phi) is 5.51. The molecule has 0 spiro atoms. The lowest BCUT2D eigenvalue weighted by Gasteiger charge is -2.14. The van der Waals surface area contributed by atoms with E-state index in [-0.39, 0.29) is 6.10 Å². The molecule has 0 heterocycles. The number of hydrogen-bond donors (Lipinski definition) is 1. The quantitative estimate of drug-likeness (QED) is 0.791. The third-order valence-corrected chi connectivity index (χ3v) is 2.96. The average Bonchev–Trinajstić information content (AvgIpc) is 2.27. The molecule has 1 amide bonds. The van der Waals surface area contributed by atoms with Gasteiger partial charge in [-0.1, -0.05) is 0 Å². The summed E-state index contributed by atoms with van der Waals surface area (Å²) in [6.07, 6.45) is 0.0342. The van der Waals surface area contributed by atoms with Crippen LogP contribution in [0.3, 0.4) is 0 Å². The molecule has 106 valence electrons. The topological polar surface area (TPSA) is 38.3 Å². The Morgan fingerprint density at radius 2 is 2.11 bits per heavy atom. The molecule has 0 aliphatic rings. The number of benzene rings is 1. The van der Waals surface area contributed by atoms with E-state index in [0.29, 0.717) is 11.3 Å². The lowest BCUT2D eigenvalue weighted by molar-refractivity contribution is 0.0221. The van der Waals surface area contributed by atoms with Crippen LogP contribution in [0.2, 0.25) is 0 Å². The zero-order chi connectivity index (χ0) is 14.6. The van der Waals surface area contributed by atoms with Crippen LogP contribution < -0.4 is 10.1 Å². The first kappa shape index (κ1) is 16.1. The number of halogens is 3. The van der Waals surface area contributed by atoms with Gasteiger partial charge in [0.05, 0.1) is 16.2 Å². The van der Waals surface area contributed by atoms with Gasteiger partial charge in [0.1, 0.15) is 5.75 Å². The Labute approximate surface area is 124 Å². The minimum Gasteiger partial charge on any atom is -0.490 e. The molecule has 1 rings (SSSR count). The van der Waals surface area contributed by atoms with E-state index in [9.17, 15) is 13.6 Å². The Morgan fingerprint density at radius 1 is 1.47 bits per heavy atom. The van der Waals surface area contributed by atoms with Gasteiger partial charge >= 0.3 is 0 Å². The van der Waals surface area contributed by atoms with Crippen LogP contribution in [0.15, 0.2) is 18.2 Å². The third kappa shape index (κ3) is 5.71. The second-order valence-corrected chi connectivity index (χ2v) is 5.73. The zero-order valence-corrected chi connectivity index (χ0v) is 13.1. The van der Waals surface area contributed by atoms with Gasteiger partial charge in [-0.25, -0.2) is 8.78 Å². The first-order chi connectivity index (χ1) is 8.69. The molecule has 0 aliphatic heterocycles. The number of amides is 1. The fourth-order valence-electron chi connectivity index (χ4n) is 1.33. The van der Waals surface area contributed by atoms with Gasteiger partial charge in [-0.15, -0.1) is 0 Å². The molecule has 19 heavy (non-hydrogen) atoms. The molecule has 6 heteroatoms. The van der Waals surface area contributed by atoms with Gasteiger partial charge in [0.15, 0.2) is 0 Å². The van der Waals surface area contributed by atoms with Crippen molar-refractivity contribution in [2.75, 3.05) is 6.54 Å².